The molecular formula is C12H14ClN3. The van der Waals surface area contributed by atoms with E-state index in [2.05, 4.69) is 23.4 Å². The molecule has 0 bridgehead atoms. The van der Waals surface area contributed by atoms with Crippen LogP contribution in [-0.2, 0) is 0 Å². The molecule has 1 fully saturated rings. The van der Waals surface area contributed by atoms with E-state index in [9.17, 15) is 0 Å². The number of halogens is 1. The molecule has 2 N–H and O–H groups in total. The zero-order chi connectivity index (χ0) is 11.5. The largest absolute Gasteiger partial charge is 0.369 e. The fraction of sp³-hybridized carbons (Fsp3) is 0.417. The van der Waals surface area contributed by atoms with Gasteiger partial charge in [0.1, 0.15) is 5.52 Å². The van der Waals surface area contributed by atoms with Crippen LogP contribution in [0.2, 0.25) is 5.02 Å². The van der Waals surface area contributed by atoms with Crippen molar-refractivity contribution in [2.45, 2.75) is 26.3 Å². The number of fused-ring (bicyclic) bond motifs is 1. The van der Waals surface area contributed by atoms with Gasteiger partial charge >= 0.3 is 0 Å². The molecule has 1 unspecified atom stereocenters. The van der Waals surface area contributed by atoms with E-state index in [1.165, 1.54) is 0 Å². The van der Waals surface area contributed by atoms with Gasteiger partial charge in [0.15, 0.2) is 0 Å². The maximum absolute atomic E-state index is 6.11. The third-order valence-electron chi connectivity index (χ3n) is 3.47. The first kappa shape index (κ1) is 9.97. The number of para-hydroxylation sites is 1. The van der Waals surface area contributed by atoms with E-state index in [1.807, 2.05) is 18.2 Å². The first-order valence-electron chi connectivity index (χ1n) is 5.42. The molecule has 1 saturated carbocycles. The van der Waals surface area contributed by atoms with Gasteiger partial charge in [-0.05, 0) is 24.0 Å². The van der Waals surface area contributed by atoms with Crippen LogP contribution in [0.4, 0.5) is 5.95 Å². The molecule has 84 valence electrons. The van der Waals surface area contributed by atoms with Gasteiger partial charge in [-0.2, -0.15) is 0 Å². The summed E-state index contributed by atoms with van der Waals surface area (Å²) in [4.78, 5) is 4.35. The molecule has 1 aromatic heterocycles. The molecule has 1 aromatic carbocycles. The Hall–Kier alpha value is -1.22. The molecular weight excluding hydrogens is 222 g/mol. The Kier molecular flexibility index (Phi) is 1.82. The van der Waals surface area contributed by atoms with Crippen molar-refractivity contribution in [1.82, 2.24) is 9.55 Å². The van der Waals surface area contributed by atoms with Crippen molar-refractivity contribution in [2.75, 3.05) is 5.73 Å². The Morgan fingerprint density at radius 2 is 2.19 bits per heavy atom. The molecule has 0 aliphatic heterocycles. The van der Waals surface area contributed by atoms with Gasteiger partial charge in [0.2, 0.25) is 5.95 Å². The Morgan fingerprint density at radius 1 is 1.50 bits per heavy atom. The molecule has 1 aliphatic carbocycles. The van der Waals surface area contributed by atoms with Crippen LogP contribution in [0.15, 0.2) is 18.2 Å². The SMILES string of the molecule is CC1(C)CC1n1c(N)nc2c(Cl)cccc21. The van der Waals surface area contributed by atoms with E-state index in [1.54, 1.807) is 0 Å². The molecule has 0 amide bonds. The summed E-state index contributed by atoms with van der Waals surface area (Å²) < 4.78 is 2.11. The third kappa shape index (κ3) is 1.24. The van der Waals surface area contributed by atoms with Crippen LogP contribution in [0.5, 0.6) is 0 Å². The first-order chi connectivity index (χ1) is 7.50. The molecule has 1 heterocycles. The van der Waals surface area contributed by atoms with Crippen LogP contribution in [0.3, 0.4) is 0 Å². The Morgan fingerprint density at radius 3 is 2.81 bits per heavy atom. The van der Waals surface area contributed by atoms with Crippen molar-refractivity contribution in [1.29, 1.82) is 0 Å². The number of nitrogens with two attached hydrogens (primary N) is 1. The quantitative estimate of drug-likeness (QED) is 0.825. The Bertz CT molecular complexity index is 571. The Balaban J connectivity index is 2.25. The lowest BCUT2D eigenvalue weighted by molar-refractivity contribution is 0.553. The zero-order valence-corrected chi connectivity index (χ0v) is 10.1. The summed E-state index contributed by atoms with van der Waals surface area (Å²) >= 11 is 6.11. The number of benzene rings is 1. The summed E-state index contributed by atoms with van der Waals surface area (Å²) in [5.41, 5.74) is 8.15. The highest BCUT2D eigenvalue weighted by atomic mass is 35.5. The zero-order valence-electron chi connectivity index (χ0n) is 9.37. The average Bonchev–Trinajstić information content (AvgIpc) is 2.68. The molecule has 0 spiro atoms. The molecule has 3 rings (SSSR count). The van der Waals surface area contributed by atoms with Crippen LogP contribution < -0.4 is 5.73 Å². The van der Waals surface area contributed by atoms with Crippen molar-refractivity contribution in [3.05, 3.63) is 23.2 Å². The number of aromatic nitrogens is 2. The number of hydrogen-bond acceptors (Lipinski definition) is 2. The van der Waals surface area contributed by atoms with Crippen molar-refractivity contribution >= 4 is 28.6 Å². The van der Waals surface area contributed by atoms with E-state index >= 15 is 0 Å². The third-order valence-corrected chi connectivity index (χ3v) is 3.78. The van der Waals surface area contributed by atoms with Crippen LogP contribution in [0, 0.1) is 5.41 Å². The topological polar surface area (TPSA) is 43.8 Å². The number of rotatable bonds is 1. The number of hydrogen-bond donors (Lipinski definition) is 1. The molecule has 1 atom stereocenters. The second-order valence-electron chi connectivity index (χ2n) is 5.16. The summed E-state index contributed by atoms with van der Waals surface area (Å²) in [6.45, 7) is 4.49. The number of nitrogen functional groups attached to an aromatic ring is 1. The molecule has 16 heavy (non-hydrogen) atoms. The van der Waals surface area contributed by atoms with Crippen LogP contribution >= 0.6 is 11.6 Å². The van der Waals surface area contributed by atoms with Gasteiger partial charge in [-0.15, -0.1) is 0 Å². The molecule has 2 aromatic rings. The maximum Gasteiger partial charge on any atom is 0.201 e. The van der Waals surface area contributed by atoms with E-state index in [0.29, 0.717) is 22.4 Å². The van der Waals surface area contributed by atoms with E-state index in [4.69, 9.17) is 17.3 Å². The average molecular weight is 236 g/mol. The number of anilines is 1. The van der Waals surface area contributed by atoms with Gasteiger partial charge in [-0.1, -0.05) is 31.5 Å². The van der Waals surface area contributed by atoms with Gasteiger partial charge < -0.3 is 10.3 Å². The lowest BCUT2D eigenvalue weighted by Crippen LogP contribution is -2.04. The van der Waals surface area contributed by atoms with Gasteiger partial charge in [0.25, 0.3) is 0 Å². The number of imidazole rings is 1. The highest BCUT2D eigenvalue weighted by molar-refractivity contribution is 6.35. The van der Waals surface area contributed by atoms with Crippen LogP contribution in [0.25, 0.3) is 11.0 Å². The monoisotopic (exact) mass is 235 g/mol. The van der Waals surface area contributed by atoms with E-state index < -0.39 is 0 Å². The minimum Gasteiger partial charge on any atom is -0.369 e. The van der Waals surface area contributed by atoms with Crippen LogP contribution in [0.1, 0.15) is 26.3 Å². The highest BCUT2D eigenvalue weighted by Gasteiger charge is 2.48. The van der Waals surface area contributed by atoms with Gasteiger partial charge in [0.05, 0.1) is 10.5 Å². The van der Waals surface area contributed by atoms with E-state index in [0.717, 1.165) is 17.5 Å². The minimum atomic E-state index is 0.323. The van der Waals surface area contributed by atoms with Crippen molar-refractivity contribution in [3.63, 3.8) is 0 Å². The summed E-state index contributed by atoms with van der Waals surface area (Å²) in [5.74, 6) is 0.568. The number of nitrogens with zero attached hydrogens (tertiary/aromatic N) is 2. The van der Waals surface area contributed by atoms with Crippen molar-refractivity contribution < 1.29 is 0 Å². The molecule has 1 aliphatic rings. The van der Waals surface area contributed by atoms with Gasteiger partial charge in [-0.25, -0.2) is 4.98 Å². The normalized spacial score (nSPS) is 22.6. The van der Waals surface area contributed by atoms with Crippen molar-refractivity contribution in [3.8, 4) is 0 Å². The summed E-state index contributed by atoms with van der Waals surface area (Å²) in [6.07, 6.45) is 1.15. The maximum atomic E-state index is 6.11. The second-order valence-corrected chi connectivity index (χ2v) is 5.56. The molecule has 4 heteroatoms. The predicted molar refractivity (Wildman–Crippen MR) is 66.6 cm³/mol. The molecule has 0 saturated heterocycles. The fourth-order valence-corrected chi connectivity index (χ4v) is 2.52. The highest BCUT2D eigenvalue weighted by Crippen LogP contribution is 2.57. The molecule has 0 radical (unpaired) electrons. The summed E-state index contributed by atoms with van der Waals surface area (Å²) in [6, 6.07) is 6.27. The lowest BCUT2D eigenvalue weighted by Gasteiger charge is -2.08. The smallest absolute Gasteiger partial charge is 0.201 e. The molecule has 3 nitrogen and oxygen atoms in total. The minimum absolute atomic E-state index is 0.323. The van der Waals surface area contributed by atoms with E-state index in [-0.39, 0.29) is 0 Å². The standard InChI is InChI=1S/C12H14ClN3/c1-12(2)6-9(12)16-8-5-3-4-7(13)10(8)15-11(16)14/h3-5,9H,6H2,1-2H3,(H2,14,15). The summed E-state index contributed by atoms with van der Waals surface area (Å²) in [7, 11) is 0. The first-order valence-corrected chi connectivity index (χ1v) is 5.80. The summed E-state index contributed by atoms with van der Waals surface area (Å²) in [5, 5.41) is 0.668. The van der Waals surface area contributed by atoms with Gasteiger partial charge in [0, 0.05) is 6.04 Å². The van der Waals surface area contributed by atoms with Gasteiger partial charge in [-0.3, -0.25) is 0 Å². The Labute approximate surface area is 99.2 Å². The second kappa shape index (κ2) is 2.92. The fourth-order valence-electron chi connectivity index (χ4n) is 2.31. The predicted octanol–water partition coefficient (Wildman–Crippen LogP) is 3.24. The lowest BCUT2D eigenvalue weighted by atomic mass is 10.2. The van der Waals surface area contributed by atoms with Crippen molar-refractivity contribution in [2.24, 2.45) is 5.41 Å². The van der Waals surface area contributed by atoms with Crippen LogP contribution in [-0.4, -0.2) is 9.55 Å².